The Morgan fingerprint density at radius 3 is 2.86 bits per heavy atom. The second-order valence-electron chi connectivity index (χ2n) is 6.13. The van der Waals surface area contributed by atoms with Crippen molar-refractivity contribution in [3.8, 4) is 5.88 Å². The van der Waals surface area contributed by atoms with Crippen LogP contribution in [0.4, 0.5) is 0 Å². The van der Waals surface area contributed by atoms with E-state index in [-0.39, 0.29) is 17.4 Å². The minimum Gasteiger partial charge on any atom is -0.475 e. The zero-order valence-corrected chi connectivity index (χ0v) is 13.1. The molecule has 0 atom stereocenters. The van der Waals surface area contributed by atoms with Gasteiger partial charge >= 0.3 is 0 Å². The molecule has 0 aromatic carbocycles. The summed E-state index contributed by atoms with van der Waals surface area (Å²) in [6, 6.07) is 3.80. The molecule has 2 rings (SSSR count). The lowest BCUT2D eigenvalue weighted by atomic mass is 9.80. The van der Waals surface area contributed by atoms with Gasteiger partial charge in [-0.25, -0.2) is 4.98 Å². The van der Waals surface area contributed by atoms with Gasteiger partial charge in [0.2, 0.25) is 11.8 Å². The van der Waals surface area contributed by atoms with Crippen molar-refractivity contribution < 1.29 is 9.53 Å². The van der Waals surface area contributed by atoms with E-state index in [0.29, 0.717) is 12.4 Å². The van der Waals surface area contributed by atoms with Crippen LogP contribution in [0.15, 0.2) is 18.3 Å². The number of rotatable bonds is 5. The summed E-state index contributed by atoms with van der Waals surface area (Å²) in [4.78, 5) is 16.7. The predicted octanol–water partition coefficient (Wildman–Crippen LogP) is 1.87. The topological polar surface area (TPSA) is 63.2 Å². The van der Waals surface area contributed by atoms with Gasteiger partial charge in [0.15, 0.2) is 0 Å². The molecule has 1 saturated heterocycles. The summed E-state index contributed by atoms with van der Waals surface area (Å²) in [5, 5.41) is 6.33. The summed E-state index contributed by atoms with van der Waals surface area (Å²) < 4.78 is 5.68. The van der Waals surface area contributed by atoms with Gasteiger partial charge in [0.1, 0.15) is 0 Å². The van der Waals surface area contributed by atoms with E-state index in [1.807, 2.05) is 32.9 Å². The van der Waals surface area contributed by atoms with Gasteiger partial charge in [0, 0.05) is 23.7 Å². The molecule has 1 amide bonds. The third kappa shape index (κ3) is 4.17. The molecule has 0 radical (unpaired) electrons. The first-order valence-electron chi connectivity index (χ1n) is 7.61. The van der Waals surface area contributed by atoms with E-state index in [0.717, 1.165) is 31.5 Å². The largest absolute Gasteiger partial charge is 0.475 e. The van der Waals surface area contributed by atoms with Crippen LogP contribution in [-0.4, -0.2) is 30.1 Å². The number of piperidine rings is 1. The molecular formula is C16H25N3O2. The van der Waals surface area contributed by atoms with Gasteiger partial charge in [-0.15, -0.1) is 0 Å². The molecule has 2 heterocycles. The molecule has 5 heteroatoms. The first kappa shape index (κ1) is 15.8. The van der Waals surface area contributed by atoms with E-state index in [1.54, 1.807) is 6.20 Å². The average molecular weight is 291 g/mol. The quantitative estimate of drug-likeness (QED) is 0.869. The minimum absolute atomic E-state index is 0.0660. The lowest BCUT2D eigenvalue weighted by Crippen LogP contribution is -2.45. The summed E-state index contributed by atoms with van der Waals surface area (Å²) in [5.41, 5.74) is 0.643. The lowest BCUT2D eigenvalue weighted by Gasteiger charge is -2.32. The molecule has 1 aliphatic rings. The van der Waals surface area contributed by atoms with Crippen LogP contribution in [-0.2, 0) is 11.3 Å². The summed E-state index contributed by atoms with van der Waals surface area (Å²) in [7, 11) is 0. The molecule has 1 aromatic heterocycles. The summed E-state index contributed by atoms with van der Waals surface area (Å²) in [6.45, 7) is 8.23. The van der Waals surface area contributed by atoms with Crippen molar-refractivity contribution in [2.24, 2.45) is 5.41 Å². The molecule has 0 bridgehead atoms. The van der Waals surface area contributed by atoms with Gasteiger partial charge in [-0.2, -0.15) is 0 Å². The zero-order valence-electron chi connectivity index (χ0n) is 13.1. The van der Waals surface area contributed by atoms with Crippen LogP contribution in [0.3, 0.4) is 0 Å². The lowest BCUT2D eigenvalue weighted by molar-refractivity contribution is -0.131. The van der Waals surface area contributed by atoms with E-state index < -0.39 is 0 Å². The number of nitrogens with zero attached hydrogens (tertiary/aromatic N) is 1. The second kappa shape index (κ2) is 6.89. The van der Waals surface area contributed by atoms with Crippen molar-refractivity contribution in [1.82, 2.24) is 15.6 Å². The normalized spacial score (nSPS) is 17.5. The van der Waals surface area contributed by atoms with E-state index in [2.05, 4.69) is 15.6 Å². The highest BCUT2D eigenvalue weighted by Crippen LogP contribution is 2.28. The predicted molar refractivity (Wildman–Crippen MR) is 82.1 cm³/mol. The Balaban J connectivity index is 1.98. The van der Waals surface area contributed by atoms with Crippen molar-refractivity contribution in [1.29, 1.82) is 0 Å². The SMILES string of the molecule is CC(C)Oc1ncccc1CNC(=O)C1(C)CCNCC1. The molecule has 21 heavy (non-hydrogen) atoms. The fourth-order valence-electron chi connectivity index (χ4n) is 2.48. The van der Waals surface area contributed by atoms with Crippen molar-refractivity contribution >= 4 is 5.91 Å². The van der Waals surface area contributed by atoms with Crippen LogP contribution in [0.2, 0.25) is 0 Å². The molecule has 1 aromatic rings. The molecule has 0 spiro atoms. The maximum absolute atomic E-state index is 12.4. The van der Waals surface area contributed by atoms with Gasteiger partial charge in [-0.3, -0.25) is 4.79 Å². The third-order valence-corrected chi connectivity index (χ3v) is 3.89. The number of nitrogens with one attached hydrogen (secondary N) is 2. The fraction of sp³-hybridized carbons (Fsp3) is 0.625. The Morgan fingerprint density at radius 2 is 2.19 bits per heavy atom. The molecule has 1 fully saturated rings. The minimum atomic E-state index is -0.271. The van der Waals surface area contributed by atoms with Crippen LogP contribution in [0.5, 0.6) is 5.88 Å². The van der Waals surface area contributed by atoms with E-state index >= 15 is 0 Å². The summed E-state index contributed by atoms with van der Waals surface area (Å²) in [6.07, 6.45) is 3.52. The standard InChI is InChI=1S/C16H25N3O2/c1-12(2)21-14-13(5-4-8-18-14)11-19-15(20)16(3)6-9-17-10-7-16/h4-5,8,12,17H,6-7,9-11H2,1-3H3,(H,19,20). The van der Waals surface area contributed by atoms with Gasteiger partial charge in [-0.05, 0) is 45.8 Å². The molecule has 5 nitrogen and oxygen atoms in total. The first-order chi connectivity index (χ1) is 10.0. The number of carbonyl (C=O) groups excluding carboxylic acids is 1. The van der Waals surface area contributed by atoms with Crippen LogP contribution < -0.4 is 15.4 Å². The van der Waals surface area contributed by atoms with E-state index in [1.165, 1.54) is 0 Å². The highest BCUT2D eigenvalue weighted by atomic mass is 16.5. The summed E-state index contributed by atoms with van der Waals surface area (Å²) in [5.74, 6) is 0.714. The van der Waals surface area contributed by atoms with Crippen molar-refractivity contribution in [3.63, 3.8) is 0 Å². The maximum atomic E-state index is 12.4. The van der Waals surface area contributed by atoms with Crippen molar-refractivity contribution in [3.05, 3.63) is 23.9 Å². The number of hydrogen-bond donors (Lipinski definition) is 2. The van der Waals surface area contributed by atoms with Crippen LogP contribution >= 0.6 is 0 Å². The van der Waals surface area contributed by atoms with Crippen LogP contribution in [0, 0.1) is 5.41 Å². The molecule has 2 N–H and O–H groups in total. The summed E-state index contributed by atoms with van der Waals surface area (Å²) >= 11 is 0. The molecular weight excluding hydrogens is 266 g/mol. The number of hydrogen-bond acceptors (Lipinski definition) is 4. The van der Waals surface area contributed by atoms with Crippen LogP contribution in [0.25, 0.3) is 0 Å². The van der Waals surface area contributed by atoms with Crippen molar-refractivity contribution in [2.75, 3.05) is 13.1 Å². The smallest absolute Gasteiger partial charge is 0.226 e. The molecule has 0 aliphatic carbocycles. The van der Waals surface area contributed by atoms with Gasteiger partial charge < -0.3 is 15.4 Å². The van der Waals surface area contributed by atoms with Crippen molar-refractivity contribution in [2.45, 2.75) is 46.3 Å². The monoisotopic (exact) mass is 291 g/mol. The Morgan fingerprint density at radius 1 is 1.48 bits per heavy atom. The van der Waals surface area contributed by atoms with E-state index in [4.69, 9.17) is 4.74 Å². The third-order valence-electron chi connectivity index (χ3n) is 3.89. The average Bonchev–Trinajstić information content (AvgIpc) is 2.46. The van der Waals surface area contributed by atoms with Gasteiger partial charge in [-0.1, -0.05) is 13.0 Å². The number of ether oxygens (including phenoxy) is 1. The molecule has 0 unspecified atom stereocenters. The highest BCUT2D eigenvalue weighted by molar-refractivity contribution is 5.82. The molecule has 116 valence electrons. The molecule has 1 aliphatic heterocycles. The fourth-order valence-corrected chi connectivity index (χ4v) is 2.48. The zero-order chi connectivity index (χ0) is 15.3. The van der Waals surface area contributed by atoms with Gasteiger partial charge in [0.05, 0.1) is 6.10 Å². The molecule has 0 saturated carbocycles. The number of pyridine rings is 1. The van der Waals surface area contributed by atoms with E-state index in [9.17, 15) is 4.79 Å². The Hall–Kier alpha value is -1.62. The second-order valence-corrected chi connectivity index (χ2v) is 6.13. The Kier molecular flexibility index (Phi) is 5.17. The maximum Gasteiger partial charge on any atom is 0.226 e. The van der Waals surface area contributed by atoms with Crippen LogP contribution in [0.1, 0.15) is 39.2 Å². The number of aromatic nitrogens is 1. The Bertz CT molecular complexity index is 482. The number of carbonyl (C=O) groups is 1. The first-order valence-corrected chi connectivity index (χ1v) is 7.61. The van der Waals surface area contributed by atoms with Gasteiger partial charge in [0.25, 0.3) is 0 Å². The number of amides is 1. The highest BCUT2D eigenvalue weighted by Gasteiger charge is 2.34. The Labute approximate surface area is 126 Å².